The van der Waals surface area contributed by atoms with Gasteiger partial charge in [-0.3, -0.25) is 4.79 Å². The van der Waals surface area contributed by atoms with E-state index in [2.05, 4.69) is 10.2 Å². The van der Waals surface area contributed by atoms with Crippen LogP contribution in [0.25, 0.3) is 0 Å². The first kappa shape index (κ1) is 23.2. The van der Waals surface area contributed by atoms with Crippen LogP contribution in [-0.2, 0) is 16.5 Å². The third kappa shape index (κ3) is 4.29. The predicted molar refractivity (Wildman–Crippen MR) is 124 cm³/mol. The Morgan fingerprint density at radius 3 is 2.06 bits per heavy atom. The molecule has 2 aromatic carbocycles. The Morgan fingerprint density at radius 1 is 0.941 bits per heavy atom. The second kappa shape index (κ2) is 8.89. The molecule has 3 aliphatic rings. The van der Waals surface area contributed by atoms with E-state index in [1.807, 2.05) is 29.2 Å². The standard InChI is InChI=1S/C26H30F3N3O2/c1-34-25(10-12-30-13-11-25)21-4-2-18(3-5-21)24(33)32-16-19-14-31(15-20(19)17-32)23-8-6-22(7-9-23)26(27,28)29/h2-9,19-20,30H,10-17H2,1H3. The van der Waals surface area contributed by atoms with E-state index in [4.69, 9.17) is 4.74 Å². The lowest BCUT2D eigenvalue weighted by atomic mass is 9.84. The molecule has 0 bridgehead atoms. The molecular weight excluding hydrogens is 443 g/mol. The predicted octanol–water partition coefficient (Wildman–Crippen LogP) is 4.14. The first-order valence-electron chi connectivity index (χ1n) is 11.9. The number of nitrogens with one attached hydrogen (secondary N) is 1. The van der Waals surface area contributed by atoms with Crippen LogP contribution in [-0.4, -0.2) is 57.2 Å². The van der Waals surface area contributed by atoms with E-state index in [1.54, 1.807) is 19.2 Å². The first-order valence-corrected chi connectivity index (χ1v) is 11.9. The molecule has 5 rings (SSSR count). The van der Waals surface area contributed by atoms with Crippen LogP contribution in [0.5, 0.6) is 0 Å². The molecule has 3 aliphatic heterocycles. The van der Waals surface area contributed by atoms with Gasteiger partial charge < -0.3 is 19.9 Å². The number of carbonyl (C=O) groups is 1. The number of fused-ring (bicyclic) bond motifs is 1. The summed E-state index contributed by atoms with van der Waals surface area (Å²) in [6, 6.07) is 13.2. The molecular formula is C26H30F3N3O2. The van der Waals surface area contributed by atoms with Crippen LogP contribution >= 0.6 is 0 Å². The summed E-state index contributed by atoms with van der Waals surface area (Å²) in [5, 5.41) is 3.36. The van der Waals surface area contributed by atoms with Gasteiger partial charge in [0.2, 0.25) is 0 Å². The fourth-order valence-electron chi connectivity index (χ4n) is 5.77. The topological polar surface area (TPSA) is 44.8 Å². The van der Waals surface area contributed by atoms with Crippen molar-refractivity contribution in [1.82, 2.24) is 10.2 Å². The number of hydrogen-bond donors (Lipinski definition) is 1. The van der Waals surface area contributed by atoms with Crippen molar-refractivity contribution in [3.05, 3.63) is 65.2 Å². The number of ether oxygens (including phenoxy) is 1. The lowest BCUT2D eigenvalue weighted by Crippen LogP contribution is -2.41. The van der Waals surface area contributed by atoms with E-state index in [9.17, 15) is 18.0 Å². The average molecular weight is 474 g/mol. The van der Waals surface area contributed by atoms with Crippen molar-refractivity contribution in [1.29, 1.82) is 0 Å². The Hall–Kier alpha value is -2.58. The van der Waals surface area contributed by atoms with Crippen molar-refractivity contribution in [3.8, 4) is 0 Å². The van der Waals surface area contributed by atoms with Crippen LogP contribution in [0.4, 0.5) is 18.9 Å². The van der Waals surface area contributed by atoms with Gasteiger partial charge in [-0.15, -0.1) is 0 Å². The Morgan fingerprint density at radius 2 is 1.53 bits per heavy atom. The Labute approximate surface area is 197 Å². The molecule has 0 spiro atoms. The van der Waals surface area contributed by atoms with Gasteiger partial charge in [0, 0.05) is 56.4 Å². The fraction of sp³-hybridized carbons (Fsp3) is 0.500. The zero-order valence-electron chi connectivity index (χ0n) is 19.3. The third-order valence-corrected chi connectivity index (χ3v) is 7.79. The number of amides is 1. The minimum atomic E-state index is -4.32. The van der Waals surface area contributed by atoms with E-state index < -0.39 is 11.7 Å². The number of hydrogen-bond acceptors (Lipinski definition) is 4. The minimum absolute atomic E-state index is 0.0406. The minimum Gasteiger partial charge on any atom is -0.373 e. The number of halogens is 3. The van der Waals surface area contributed by atoms with Crippen LogP contribution in [0.15, 0.2) is 48.5 Å². The normalized spacial score (nSPS) is 24.4. The molecule has 0 saturated carbocycles. The number of nitrogens with zero attached hydrogens (tertiary/aromatic N) is 2. The summed E-state index contributed by atoms with van der Waals surface area (Å²) in [5.74, 6) is 0.702. The quantitative estimate of drug-likeness (QED) is 0.725. The van der Waals surface area contributed by atoms with Crippen molar-refractivity contribution < 1.29 is 22.7 Å². The van der Waals surface area contributed by atoms with Crippen LogP contribution < -0.4 is 10.2 Å². The van der Waals surface area contributed by atoms with Crippen LogP contribution in [0.2, 0.25) is 0 Å². The summed E-state index contributed by atoms with van der Waals surface area (Å²) in [7, 11) is 1.75. The Balaban J connectivity index is 1.20. The van der Waals surface area contributed by atoms with Crippen molar-refractivity contribution >= 4 is 11.6 Å². The molecule has 1 amide bonds. The molecule has 8 heteroatoms. The number of methoxy groups -OCH3 is 1. The van der Waals surface area contributed by atoms with Gasteiger partial charge in [0.05, 0.1) is 11.2 Å². The Bertz CT molecular complexity index is 1000. The molecule has 3 saturated heterocycles. The summed E-state index contributed by atoms with van der Waals surface area (Å²) in [6.07, 6.45) is -2.51. The molecule has 1 N–H and O–H groups in total. The van der Waals surface area contributed by atoms with Crippen molar-refractivity contribution in [2.24, 2.45) is 11.8 Å². The van der Waals surface area contributed by atoms with E-state index in [-0.39, 0.29) is 11.5 Å². The van der Waals surface area contributed by atoms with Crippen LogP contribution in [0, 0.1) is 11.8 Å². The number of rotatable bonds is 4. The molecule has 3 heterocycles. The molecule has 5 nitrogen and oxygen atoms in total. The maximum atomic E-state index is 13.2. The largest absolute Gasteiger partial charge is 0.416 e. The molecule has 0 aromatic heterocycles. The van der Waals surface area contributed by atoms with Crippen LogP contribution in [0.1, 0.15) is 34.3 Å². The number of benzene rings is 2. The van der Waals surface area contributed by atoms with E-state index >= 15 is 0 Å². The van der Waals surface area contributed by atoms with Gasteiger partial charge in [-0.25, -0.2) is 0 Å². The van der Waals surface area contributed by atoms with Crippen molar-refractivity contribution in [3.63, 3.8) is 0 Å². The molecule has 0 radical (unpaired) electrons. The molecule has 2 atom stereocenters. The van der Waals surface area contributed by atoms with Gasteiger partial charge in [-0.2, -0.15) is 13.2 Å². The summed E-state index contributed by atoms with van der Waals surface area (Å²) >= 11 is 0. The maximum Gasteiger partial charge on any atom is 0.416 e. The van der Waals surface area contributed by atoms with Gasteiger partial charge in [-0.1, -0.05) is 12.1 Å². The third-order valence-electron chi connectivity index (χ3n) is 7.79. The Kier molecular flexibility index (Phi) is 6.06. The number of piperidine rings is 1. The highest BCUT2D eigenvalue weighted by molar-refractivity contribution is 5.94. The van der Waals surface area contributed by atoms with Gasteiger partial charge in [0.15, 0.2) is 0 Å². The number of alkyl halides is 3. The smallest absolute Gasteiger partial charge is 0.373 e. The summed E-state index contributed by atoms with van der Waals surface area (Å²) in [5.41, 5.74) is 1.68. The van der Waals surface area contributed by atoms with E-state index in [1.165, 1.54) is 0 Å². The lowest BCUT2D eigenvalue weighted by Gasteiger charge is -2.37. The van der Waals surface area contributed by atoms with E-state index in [0.717, 1.165) is 62.4 Å². The average Bonchev–Trinajstić information content (AvgIpc) is 3.43. The number of likely N-dealkylation sites (tertiary alicyclic amines) is 1. The van der Waals surface area contributed by atoms with Gasteiger partial charge in [0.1, 0.15) is 0 Å². The van der Waals surface area contributed by atoms with Crippen molar-refractivity contribution in [2.45, 2.75) is 24.6 Å². The second-order valence-corrected chi connectivity index (χ2v) is 9.71. The summed E-state index contributed by atoms with van der Waals surface area (Å²) < 4.78 is 44.4. The monoisotopic (exact) mass is 473 g/mol. The van der Waals surface area contributed by atoms with E-state index in [0.29, 0.717) is 30.5 Å². The molecule has 182 valence electrons. The molecule has 2 aromatic rings. The molecule has 34 heavy (non-hydrogen) atoms. The fourth-order valence-corrected chi connectivity index (χ4v) is 5.77. The van der Waals surface area contributed by atoms with Gasteiger partial charge in [0.25, 0.3) is 5.91 Å². The molecule has 2 unspecified atom stereocenters. The summed E-state index contributed by atoms with van der Waals surface area (Å²) in [6.45, 7) is 4.68. The zero-order chi connectivity index (χ0) is 23.9. The highest BCUT2D eigenvalue weighted by Gasteiger charge is 2.42. The van der Waals surface area contributed by atoms with Crippen molar-refractivity contribution in [2.75, 3.05) is 51.3 Å². The van der Waals surface area contributed by atoms with Gasteiger partial charge >= 0.3 is 6.18 Å². The van der Waals surface area contributed by atoms with Gasteiger partial charge in [-0.05, 0) is 67.9 Å². The second-order valence-electron chi connectivity index (χ2n) is 9.71. The number of anilines is 1. The number of carbonyl (C=O) groups excluding carboxylic acids is 1. The highest BCUT2D eigenvalue weighted by atomic mass is 19.4. The summed E-state index contributed by atoms with van der Waals surface area (Å²) in [4.78, 5) is 17.2. The highest BCUT2D eigenvalue weighted by Crippen LogP contribution is 2.37. The SMILES string of the molecule is COC1(c2ccc(C(=O)N3CC4CN(c5ccc(C(F)(F)F)cc5)CC4C3)cc2)CCNCC1. The zero-order valence-corrected chi connectivity index (χ0v) is 19.3. The van der Waals surface area contributed by atoms with Crippen LogP contribution in [0.3, 0.4) is 0 Å². The first-order chi connectivity index (χ1) is 16.3. The maximum absolute atomic E-state index is 13.2. The molecule has 3 fully saturated rings. The molecule has 0 aliphatic carbocycles. The lowest BCUT2D eigenvalue weighted by molar-refractivity contribution is -0.137.